The van der Waals surface area contributed by atoms with E-state index in [1.54, 1.807) is 12.4 Å². The molecule has 29 heavy (non-hydrogen) atoms. The van der Waals surface area contributed by atoms with Crippen molar-refractivity contribution in [3.05, 3.63) is 24.3 Å². The molecule has 1 fully saturated rings. The minimum Gasteiger partial charge on any atom is -0.345 e. The monoisotopic (exact) mass is 542 g/mol. The zero-order valence-corrected chi connectivity index (χ0v) is 18.0. The molecule has 1 saturated carbocycles. The number of rotatable bonds is 6. The molecule has 3 heterocycles. The second-order valence-electron chi connectivity index (χ2n) is 7.17. The van der Waals surface area contributed by atoms with Crippen LogP contribution in [0.4, 0.5) is 13.2 Å². The van der Waals surface area contributed by atoms with E-state index < -0.39 is 34.8 Å². The number of aromatic nitrogens is 5. The lowest BCUT2D eigenvalue weighted by Crippen LogP contribution is -2.35. The quantitative estimate of drug-likeness (QED) is 0.368. The van der Waals surface area contributed by atoms with Crippen LogP contribution in [0.15, 0.2) is 18.5 Å². The molecule has 0 amide bonds. The summed E-state index contributed by atoms with van der Waals surface area (Å²) >= 11 is 2.27. The summed E-state index contributed by atoms with van der Waals surface area (Å²) in [5, 5.41) is 8.50. The summed E-state index contributed by atoms with van der Waals surface area (Å²) in [5.41, 5.74) is 2.14. The summed E-state index contributed by atoms with van der Waals surface area (Å²) in [4.78, 5) is 7.32. The number of nitrogens with zero attached hydrogens (tertiary/aromatic N) is 4. The molecule has 2 N–H and O–H groups in total. The zero-order chi connectivity index (χ0) is 20.8. The van der Waals surface area contributed by atoms with Gasteiger partial charge in [0.25, 0.3) is 0 Å². The highest BCUT2D eigenvalue weighted by molar-refractivity contribution is 14.1. The molecule has 8 nitrogen and oxygen atoms in total. The van der Waals surface area contributed by atoms with Crippen LogP contribution in [0.5, 0.6) is 0 Å². The Labute approximate surface area is 177 Å². The van der Waals surface area contributed by atoms with Gasteiger partial charge in [0.15, 0.2) is 11.3 Å². The lowest BCUT2D eigenvalue weighted by atomic mass is 10.1. The highest BCUT2D eigenvalue weighted by Crippen LogP contribution is 2.40. The van der Waals surface area contributed by atoms with Gasteiger partial charge in [-0.25, -0.2) is 18.1 Å². The maximum absolute atomic E-state index is 12.3. The van der Waals surface area contributed by atoms with Gasteiger partial charge >= 0.3 is 6.18 Å². The first kappa shape index (κ1) is 20.8. The predicted octanol–water partition coefficient (Wildman–Crippen LogP) is 2.92. The van der Waals surface area contributed by atoms with Gasteiger partial charge in [0.1, 0.15) is 5.82 Å². The van der Waals surface area contributed by atoms with Gasteiger partial charge in [0.05, 0.1) is 17.5 Å². The molecule has 0 radical (unpaired) electrons. The molecule has 0 spiro atoms. The fourth-order valence-electron chi connectivity index (χ4n) is 3.76. The molecule has 4 rings (SSSR count). The number of alkyl halides is 4. The fourth-order valence-corrected chi connectivity index (χ4v) is 6.34. The molecule has 1 aliphatic carbocycles. The summed E-state index contributed by atoms with van der Waals surface area (Å²) in [7, 11) is -3.78. The molecule has 1 aliphatic rings. The number of nitrogens with one attached hydrogen (secondary N) is 2. The third-order valence-electron chi connectivity index (χ3n) is 5.00. The highest BCUT2D eigenvalue weighted by Gasteiger charge is 2.38. The summed E-state index contributed by atoms with van der Waals surface area (Å²) in [6.07, 6.45) is -1.45. The number of hydrogen-bond donors (Lipinski definition) is 2. The molecule has 3 aromatic heterocycles. The van der Waals surface area contributed by atoms with Crippen molar-refractivity contribution >= 4 is 49.4 Å². The Hall–Kier alpha value is -1.48. The van der Waals surface area contributed by atoms with Crippen LogP contribution in [0, 0.1) is 0 Å². The maximum Gasteiger partial charge on any atom is 0.389 e. The predicted molar refractivity (Wildman–Crippen MR) is 108 cm³/mol. The Balaban J connectivity index is 1.49. The average Bonchev–Trinajstić information content (AvgIpc) is 3.29. The van der Waals surface area contributed by atoms with Crippen LogP contribution in [0.2, 0.25) is 0 Å². The van der Waals surface area contributed by atoms with Crippen molar-refractivity contribution in [1.29, 1.82) is 0 Å². The zero-order valence-electron chi connectivity index (χ0n) is 15.0. The smallest absolute Gasteiger partial charge is 0.345 e. The SMILES string of the molecule is O=S(=O)(CCCC(F)(F)F)N[C@H]1C[C@@H](I)[C@@H](c2nnc3cnc4[nH]ccc4n23)C1. The van der Waals surface area contributed by atoms with Crippen molar-refractivity contribution in [2.75, 3.05) is 5.75 Å². The van der Waals surface area contributed by atoms with Crippen LogP contribution in [-0.2, 0) is 10.0 Å². The van der Waals surface area contributed by atoms with Gasteiger partial charge < -0.3 is 4.98 Å². The normalized spacial score (nSPS) is 23.4. The molecule has 0 bridgehead atoms. The number of halogens is 4. The Bertz CT molecular complexity index is 1130. The Morgan fingerprint density at radius 1 is 1.31 bits per heavy atom. The second-order valence-corrected chi connectivity index (χ2v) is 10.6. The lowest BCUT2D eigenvalue weighted by Gasteiger charge is -2.14. The molecule has 0 saturated heterocycles. The minimum atomic E-state index is -4.35. The fraction of sp³-hybridized carbons (Fsp3) is 0.562. The van der Waals surface area contributed by atoms with Gasteiger partial charge in [-0.1, -0.05) is 22.6 Å². The summed E-state index contributed by atoms with van der Waals surface area (Å²) in [5.74, 6) is 0.141. The van der Waals surface area contributed by atoms with E-state index in [1.165, 1.54) is 0 Å². The van der Waals surface area contributed by atoms with E-state index in [2.05, 4.69) is 47.5 Å². The van der Waals surface area contributed by atoms with Crippen molar-refractivity contribution in [3.8, 4) is 0 Å². The van der Waals surface area contributed by atoms with Crippen LogP contribution < -0.4 is 4.72 Å². The Morgan fingerprint density at radius 2 is 2.10 bits per heavy atom. The topological polar surface area (TPSA) is 105 Å². The number of H-pyrrole nitrogens is 1. The maximum atomic E-state index is 12.3. The van der Waals surface area contributed by atoms with E-state index in [0.717, 1.165) is 11.3 Å². The van der Waals surface area contributed by atoms with E-state index in [4.69, 9.17) is 0 Å². The van der Waals surface area contributed by atoms with Gasteiger partial charge in [0, 0.05) is 28.5 Å². The summed E-state index contributed by atoms with van der Waals surface area (Å²) in [6.45, 7) is 0. The standard InChI is InChI=1S/C16H18F3IN6O2S/c17-16(18,19)3-1-5-29(27,28)25-9-6-10(11(20)7-9)15-24-23-13-8-22-14-12(26(13)15)2-4-21-14/h2,4,8-11,21,25H,1,3,5-7H2/t9-,10+,11-/m1/s1. The average molecular weight is 542 g/mol. The molecule has 158 valence electrons. The van der Waals surface area contributed by atoms with Crippen LogP contribution in [0.1, 0.15) is 37.4 Å². The largest absolute Gasteiger partial charge is 0.389 e. The molecule has 0 aliphatic heterocycles. The minimum absolute atomic E-state index is 0.0472. The molecular formula is C16H18F3IN6O2S. The van der Waals surface area contributed by atoms with Crippen LogP contribution >= 0.6 is 22.6 Å². The van der Waals surface area contributed by atoms with E-state index in [0.29, 0.717) is 24.1 Å². The lowest BCUT2D eigenvalue weighted by molar-refractivity contribution is -0.134. The van der Waals surface area contributed by atoms with Crippen LogP contribution in [0.3, 0.4) is 0 Å². The molecule has 13 heteroatoms. The van der Waals surface area contributed by atoms with Gasteiger partial charge in [-0.05, 0) is 25.3 Å². The first-order valence-corrected chi connectivity index (χ1v) is 11.9. The van der Waals surface area contributed by atoms with Crippen LogP contribution in [-0.4, -0.2) is 54.9 Å². The molecule has 0 aromatic carbocycles. The highest BCUT2D eigenvalue weighted by atomic mass is 127. The van der Waals surface area contributed by atoms with Gasteiger partial charge in [-0.15, -0.1) is 10.2 Å². The first-order valence-electron chi connectivity index (χ1n) is 9.01. The van der Waals surface area contributed by atoms with Crippen molar-refractivity contribution in [2.45, 2.75) is 47.7 Å². The number of hydrogen-bond acceptors (Lipinski definition) is 5. The van der Waals surface area contributed by atoms with Gasteiger partial charge in [-0.2, -0.15) is 13.2 Å². The van der Waals surface area contributed by atoms with E-state index in [1.807, 2.05) is 10.5 Å². The van der Waals surface area contributed by atoms with Crippen LogP contribution in [0.25, 0.3) is 16.8 Å². The third-order valence-corrected chi connectivity index (χ3v) is 7.90. The molecule has 0 unspecified atom stereocenters. The number of fused-ring (bicyclic) bond motifs is 3. The van der Waals surface area contributed by atoms with Gasteiger partial charge in [0.2, 0.25) is 10.0 Å². The Morgan fingerprint density at radius 3 is 2.86 bits per heavy atom. The van der Waals surface area contributed by atoms with Crippen molar-refractivity contribution in [1.82, 2.24) is 29.3 Å². The van der Waals surface area contributed by atoms with E-state index in [-0.39, 0.29) is 15.9 Å². The Kier molecular flexibility index (Phi) is 5.48. The summed E-state index contributed by atoms with van der Waals surface area (Å²) < 4.78 is 65.8. The van der Waals surface area contributed by atoms with Crippen molar-refractivity contribution in [3.63, 3.8) is 0 Å². The first-order chi connectivity index (χ1) is 13.6. The van der Waals surface area contributed by atoms with E-state index in [9.17, 15) is 21.6 Å². The summed E-state index contributed by atoms with van der Waals surface area (Å²) in [6, 6.07) is 1.52. The third kappa shape index (κ3) is 4.50. The molecule has 3 aromatic rings. The number of aromatic amines is 1. The van der Waals surface area contributed by atoms with E-state index >= 15 is 0 Å². The number of sulfonamides is 1. The molecule has 3 atom stereocenters. The van der Waals surface area contributed by atoms with Crippen molar-refractivity contribution in [2.24, 2.45) is 0 Å². The second kappa shape index (κ2) is 7.65. The van der Waals surface area contributed by atoms with Gasteiger partial charge in [-0.3, -0.25) is 4.40 Å². The molecular weight excluding hydrogens is 524 g/mol. The van der Waals surface area contributed by atoms with Crippen molar-refractivity contribution < 1.29 is 21.6 Å².